The summed E-state index contributed by atoms with van der Waals surface area (Å²) in [6.07, 6.45) is 2.06. The zero-order valence-corrected chi connectivity index (χ0v) is 13.3. The number of rotatable bonds is 7. The van der Waals surface area contributed by atoms with Crippen molar-refractivity contribution in [2.75, 3.05) is 11.9 Å². The van der Waals surface area contributed by atoms with Crippen LogP contribution < -0.4 is 10.6 Å². The highest BCUT2D eigenvalue weighted by molar-refractivity contribution is 7.11. The number of aromatic nitrogens is 1. The molecule has 0 aromatic carbocycles. The monoisotopic (exact) mass is 303 g/mol. The number of anilines is 1. The molecule has 112 valence electrons. The van der Waals surface area contributed by atoms with Crippen molar-refractivity contribution in [1.82, 2.24) is 10.3 Å². The molecule has 0 saturated heterocycles. The van der Waals surface area contributed by atoms with Crippen LogP contribution in [-0.4, -0.2) is 17.4 Å². The minimum atomic E-state index is -0.137. The number of aryl methyl sites for hydroxylation is 1. The fourth-order valence-corrected chi connectivity index (χ4v) is 2.78. The Hall–Kier alpha value is -1.88. The quantitative estimate of drug-likeness (QED) is 0.823. The lowest BCUT2D eigenvalue weighted by Crippen LogP contribution is -2.23. The third kappa shape index (κ3) is 4.56. The first-order chi connectivity index (χ1) is 10.2. The molecule has 21 heavy (non-hydrogen) atoms. The number of amides is 1. The smallest absolute Gasteiger partial charge is 0.270 e. The summed E-state index contributed by atoms with van der Waals surface area (Å²) < 4.78 is 0. The molecular weight excluding hydrogens is 282 g/mol. The van der Waals surface area contributed by atoms with Gasteiger partial charge in [-0.05, 0) is 37.1 Å². The average molecular weight is 303 g/mol. The lowest BCUT2D eigenvalue weighted by Gasteiger charge is -2.06. The molecule has 2 aromatic rings. The molecule has 0 unspecified atom stereocenters. The molecule has 0 saturated carbocycles. The fourth-order valence-electron chi connectivity index (χ4n) is 1.88. The molecule has 2 rings (SSSR count). The molecule has 0 bridgehead atoms. The summed E-state index contributed by atoms with van der Waals surface area (Å²) in [5.74, 6) is 0.607. The number of carbonyl (C=O) groups excluding carboxylic acids is 1. The Balaban J connectivity index is 1.93. The highest BCUT2D eigenvalue weighted by atomic mass is 32.1. The first-order valence-electron chi connectivity index (χ1n) is 7.29. The highest BCUT2D eigenvalue weighted by Gasteiger charge is 2.08. The van der Waals surface area contributed by atoms with Crippen LogP contribution in [-0.2, 0) is 13.0 Å². The number of nitrogens with zero attached hydrogens (tertiary/aromatic N) is 1. The standard InChI is InChI=1S/C16H21N3OS/c1-3-10-17-15-7-5-6-14(19-15)16(20)18-11-13-9-8-12(4-2)21-13/h5-9H,3-4,10-11H2,1-2H3,(H,17,19)(H,18,20). The number of nitrogens with one attached hydrogen (secondary N) is 2. The molecule has 5 heteroatoms. The van der Waals surface area contributed by atoms with Crippen molar-refractivity contribution in [2.45, 2.75) is 33.2 Å². The summed E-state index contributed by atoms with van der Waals surface area (Å²) in [4.78, 5) is 19.0. The van der Waals surface area contributed by atoms with Crippen molar-refractivity contribution in [3.05, 3.63) is 45.8 Å². The summed E-state index contributed by atoms with van der Waals surface area (Å²) in [5.41, 5.74) is 0.448. The molecule has 0 fully saturated rings. The van der Waals surface area contributed by atoms with E-state index in [1.54, 1.807) is 17.4 Å². The number of hydrogen-bond donors (Lipinski definition) is 2. The normalized spacial score (nSPS) is 10.4. The molecule has 2 aromatic heterocycles. The van der Waals surface area contributed by atoms with Crippen LogP contribution in [0.5, 0.6) is 0 Å². The van der Waals surface area contributed by atoms with E-state index in [1.165, 1.54) is 9.75 Å². The molecular formula is C16H21N3OS. The predicted molar refractivity (Wildman–Crippen MR) is 87.9 cm³/mol. The summed E-state index contributed by atoms with van der Waals surface area (Å²) in [5, 5.41) is 6.10. The van der Waals surface area contributed by atoms with Crippen LogP contribution in [0.4, 0.5) is 5.82 Å². The maximum Gasteiger partial charge on any atom is 0.270 e. The molecule has 1 amide bonds. The van der Waals surface area contributed by atoms with Gasteiger partial charge in [-0.15, -0.1) is 11.3 Å². The molecule has 0 atom stereocenters. The van der Waals surface area contributed by atoms with Crippen LogP contribution in [0.15, 0.2) is 30.3 Å². The van der Waals surface area contributed by atoms with E-state index in [9.17, 15) is 4.79 Å². The van der Waals surface area contributed by atoms with Crippen LogP contribution in [0.3, 0.4) is 0 Å². The number of hydrogen-bond acceptors (Lipinski definition) is 4. The fraction of sp³-hybridized carbons (Fsp3) is 0.375. The lowest BCUT2D eigenvalue weighted by atomic mass is 10.3. The van der Waals surface area contributed by atoms with Crippen LogP contribution in [0.1, 0.15) is 40.5 Å². The van der Waals surface area contributed by atoms with E-state index in [4.69, 9.17) is 0 Å². The van der Waals surface area contributed by atoms with Crippen molar-refractivity contribution in [3.63, 3.8) is 0 Å². The van der Waals surface area contributed by atoms with Gasteiger partial charge in [0, 0.05) is 16.3 Å². The van der Waals surface area contributed by atoms with Gasteiger partial charge in [0.05, 0.1) is 6.54 Å². The minimum absolute atomic E-state index is 0.137. The van der Waals surface area contributed by atoms with Gasteiger partial charge in [0.1, 0.15) is 11.5 Å². The number of carbonyl (C=O) groups is 1. The average Bonchev–Trinajstić information content (AvgIpc) is 2.99. The Bertz CT molecular complexity index is 595. The summed E-state index contributed by atoms with van der Waals surface area (Å²) in [7, 11) is 0. The van der Waals surface area contributed by atoms with E-state index in [-0.39, 0.29) is 5.91 Å². The van der Waals surface area contributed by atoms with Crippen LogP contribution >= 0.6 is 11.3 Å². The van der Waals surface area contributed by atoms with E-state index in [0.29, 0.717) is 12.2 Å². The highest BCUT2D eigenvalue weighted by Crippen LogP contribution is 2.16. The molecule has 0 radical (unpaired) electrons. The van der Waals surface area contributed by atoms with Gasteiger partial charge in [-0.25, -0.2) is 4.98 Å². The third-order valence-electron chi connectivity index (χ3n) is 3.03. The molecule has 2 N–H and O–H groups in total. The zero-order valence-electron chi connectivity index (χ0n) is 12.5. The summed E-state index contributed by atoms with van der Waals surface area (Å²) in [6.45, 7) is 5.63. The first-order valence-corrected chi connectivity index (χ1v) is 8.11. The van der Waals surface area contributed by atoms with Crippen LogP contribution in [0.2, 0.25) is 0 Å². The van der Waals surface area contributed by atoms with Crippen molar-refractivity contribution < 1.29 is 4.79 Å². The molecule has 0 aliphatic rings. The Labute approximate surface area is 129 Å². The zero-order chi connectivity index (χ0) is 15.1. The van der Waals surface area contributed by atoms with E-state index in [2.05, 4.69) is 41.6 Å². The second kappa shape index (κ2) is 7.78. The third-order valence-corrected chi connectivity index (χ3v) is 4.26. The second-order valence-corrected chi connectivity index (χ2v) is 5.99. The van der Waals surface area contributed by atoms with E-state index >= 15 is 0 Å². The van der Waals surface area contributed by atoms with E-state index < -0.39 is 0 Å². The van der Waals surface area contributed by atoms with Gasteiger partial charge in [0.2, 0.25) is 0 Å². The molecule has 2 heterocycles. The number of pyridine rings is 1. The van der Waals surface area contributed by atoms with Crippen molar-refractivity contribution in [3.8, 4) is 0 Å². The van der Waals surface area contributed by atoms with Gasteiger partial charge in [0.25, 0.3) is 5.91 Å². The van der Waals surface area contributed by atoms with E-state index in [0.717, 1.165) is 25.2 Å². The molecule has 4 nitrogen and oxygen atoms in total. The maximum atomic E-state index is 12.1. The minimum Gasteiger partial charge on any atom is -0.370 e. The SMILES string of the molecule is CCCNc1cccc(C(=O)NCc2ccc(CC)s2)n1. The maximum absolute atomic E-state index is 12.1. The van der Waals surface area contributed by atoms with Gasteiger partial charge in [-0.2, -0.15) is 0 Å². The first kappa shape index (κ1) is 15.5. The topological polar surface area (TPSA) is 54.0 Å². The Morgan fingerprint density at radius 2 is 2.00 bits per heavy atom. The summed E-state index contributed by atoms with van der Waals surface area (Å²) >= 11 is 1.74. The molecule has 0 aliphatic heterocycles. The summed E-state index contributed by atoms with van der Waals surface area (Å²) in [6, 6.07) is 9.63. The Kier molecular flexibility index (Phi) is 5.75. The van der Waals surface area contributed by atoms with E-state index in [1.807, 2.05) is 12.1 Å². The molecule has 0 aliphatic carbocycles. The van der Waals surface area contributed by atoms with Crippen molar-refractivity contribution in [1.29, 1.82) is 0 Å². The van der Waals surface area contributed by atoms with Crippen LogP contribution in [0.25, 0.3) is 0 Å². The largest absolute Gasteiger partial charge is 0.370 e. The van der Waals surface area contributed by atoms with Crippen LogP contribution in [0, 0.1) is 0 Å². The van der Waals surface area contributed by atoms with Gasteiger partial charge < -0.3 is 10.6 Å². The predicted octanol–water partition coefficient (Wildman–Crippen LogP) is 3.46. The Morgan fingerprint density at radius 3 is 2.71 bits per heavy atom. The second-order valence-electron chi connectivity index (χ2n) is 4.74. The lowest BCUT2D eigenvalue weighted by molar-refractivity contribution is 0.0946. The Morgan fingerprint density at radius 1 is 1.19 bits per heavy atom. The molecule has 0 spiro atoms. The van der Waals surface area contributed by atoms with Gasteiger partial charge in [-0.1, -0.05) is 19.9 Å². The number of thiophene rings is 1. The van der Waals surface area contributed by atoms with Gasteiger partial charge in [-0.3, -0.25) is 4.79 Å². The van der Waals surface area contributed by atoms with Crippen molar-refractivity contribution in [2.24, 2.45) is 0 Å². The van der Waals surface area contributed by atoms with Gasteiger partial charge >= 0.3 is 0 Å². The van der Waals surface area contributed by atoms with Crippen molar-refractivity contribution >= 4 is 23.1 Å². The van der Waals surface area contributed by atoms with Gasteiger partial charge in [0.15, 0.2) is 0 Å².